The minimum absolute atomic E-state index is 0.166. The summed E-state index contributed by atoms with van der Waals surface area (Å²) in [7, 11) is 0. The minimum Gasteiger partial charge on any atom is -0.355 e. The molecule has 1 aromatic carbocycles. The van der Waals surface area contributed by atoms with Gasteiger partial charge in [0.2, 0.25) is 5.91 Å². The van der Waals surface area contributed by atoms with Gasteiger partial charge in [-0.3, -0.25) is 14.5 Å². The third kappa shape index (κ3) is 5.91. The van der Waals surface area contributed by atoms with E-state index in [1.165, 1.54) is 71.1 Å². The molecule has 0 aromatic heterocycles. The van der Waals surface area contributed by atoms with Crippen molar-refractivity contribution < 1.29 is 9.59 Å². The number of amides is 2. The van der Waals surface area contributed by atoms with E-state index in [1.807, 2.05) is 30.3 Å². The molecule has 6 heteroatoms. The molecule has 4 heterocycles. The van der Waals surface area contributed by atoms with Crippen LogP contribution in [0, 0.1) is 11.8 Å². The van der Waals surface area contributed by atoms with Gasteiger partial charge in [0.25, 0.3) is 5.91 Å². The van der Waals surface area contributed by atoms with Gasteiger partial charge in [-0.25, -0.2) is 0 Å². The summed E-state index contributed by atoms with van der Waals surface area (Å²) in [5.74, 6) is 1.48. The number of nitrogens with one attached hydrogen (secondary N) is 1. The molecule has 1 aromatic rings. The molecule has 4 fully saturated rings. The summed E-state index contributed by atoms with van der Waals surface area (Å²) in [4.78, 5) is 33.7. The molecule has 0 bridgehead atoms. The van der Waals surface area contributed by atoms with Crippen molar-refractivity contribution in [2.75, 3.05) is 45.8 Å². The molecule has 4 aliphatic heterocycles. The molecule has 0 aliphatic carbocycles. The number of likely N-dealkylation sites (tertiary alicyclic amines) is 2. The molecule has 4 saturated heterocycles. The van der Waals surface area contributed by atoms with E-state index in [0.717, 1.165) is 38.0 Å². The van der Waals surface area contributed by atoms with Crippen molar-refractivity contribution in [1.29, 1.82) is 0 Å². The Balaban J connectivity index is 1.20. The number of benzene rings is 1. The maximum absolute atomic E-state index is 13.7. The van der Waals surface area contributed by atoms with E-state index in [9.17, 15) is 9.59 Å². The molecule has 0 unspecified atom stereocenters. The van der Waals surface area contributed by atoms with E-state index in [4.69, 9.17) is 0 Å². The lowest BCUT2D eigenvalue weighted by molar-refractivity contribution is -0.121. The van der Waals surface area contributed by atoms with Gasteiger partial charge in [-0.15, -0.1) is 0 Å². The van der Waals surface area contributed by atoms with Crippen LogP contribution >= 0.6 is 0 Å². The van der Waals surface area contributed by atoms with Gasteiger partial charge in [0.15, 0.2) is 0 Å². The molecular weight excluding hydrogens is 436 g/mol. The summed E-state index contributed by atoms with van der Waals surface area (Å²) in [6.07, 6.45) is 11.2. The smallest absolute Gasteiger partial charge is 0.254 e. The van der Waals surface area contributed by atoms with Crippen LogP contribution in [0.15, 0.2) is 30.3 Å². The van der Waals surface area contributed by atoms with Crippen molar-refractivity contribution in [3.63, 3.8) is 0 Å². The van der Waals surface area contributed by atoms with E-state index >= 15 is 0 Å². The van der Waals surface area contributed by atoms with E-state index in [2.05, 4.69) is 20.0 Å². The van der Waals surface area contributed by atoms with Crippen molar-refractivity contribution in [1.82, 2.24) is 20.0 Å². The minimum atomic E-state index is 0.166. The van der Waals surface area contributed by atoms with Crippen molar-refractivity contribution in [2.24, 2.45) is 11.8 Å². The predicted molar refractivity (Wildman–Crippen MR) is 139 cm³/mol. The molecule has 0 spiro atoms. The Labute approximate surface area is 211 Å². The fourth-order valence-corrected chi connectivity index (χ4v) is 7.44. The maximum atomic E-state index is 13.7. The summed E-state index contributed by atoms with van der Waals surface area (Å²) >= 11 is 0. The Morgan fingerprint density at radius 3 is 2.49 bits per heavy atom. The van der Waals surface area contributed by atoms with Gasteiger partial charge in [-0.05, 0) is 102 Å². The molecule has 35 heavy (non-hydrogen) atoms. The summed E-state index contributed by atoms with van der Waals surface area (Å²) in [5.41, 5.74) is 0.801. The zero-order valence-electron chi connectivity index (χ0n) is 21.4. The Morgan fingerprint density at radius 1 is 0.914 bits per heavy atom. The Kier molecular flexibility index (Phi) is 8.40. The normalized spacial score (nSPS) is 29.4. The van der Waals surface area contributed by atoms with Crippen LogP contribution < -0.4 is 5.32 Å². The van der Waals surface area contributed by atoms with Gasteiger partial charge in [-0.1, -0.05) is 24.6 Å². The lowest BCUT2D eigenvalue weighted by Gasteiger charge is -2.57. The maximum Gasteiger partial charge on any atom is 0.254 e. The first-order valence-electron chi connectivity index (χ1n) is 14.3. The van der Waals surface area contributed by atoms with Gasteiger partial charge in [-0.2, -0.15) is 0 Å². The second-order valence-corrected chi connectivity index (χ2v) is 11.3. The molecule has 1 N–H and O–H groups in total. The van der Waals surface area contributed by atoms with Gasteiger partial charge in [0, 0.05) is 43.7 Å². The van der Waals surface area contributed by atoms with Crippen LogP contribution in [-0.2, 0) is 4.79 Å². The lowest BCUT2D eigenvalue weighted by atomic mass is 9.69. The van der Waals surface area contributed by atoms with Crippen LogP contribution in [0.3, 0.4) is 0 Å². The van der Waals surface area contributed by atoms with E-state index < -0.39 is 0 Å². The Bertz CT molecular complexity index is 838. The van der Waals surface area contributed by atoms with Crippen LogP contribution in [0.5, 0.6) is 0 Å². The number of hydrogen-bond donors (Lipinski definition) is 1. The number of carbonyl (C=O) groups excluding carboxylic acids is 2. The van der Waals surface area contributed by atoms with Crippen LogP contribution in [0.4, 0.5) is 0 Å². The highest BCUT2D eigenvalue weighted by Crippen LogP contribution is 2.43. The van der Waals surface area contributed by atoms with E-state index in [1.54, 1.807) is 0 Å². The third-order valence-electron chi connectivity index (χ3n) is 9.06. The second kappa shape index (κ2) is 11.9. The van der Waals surface area contributed by atoms with E-state index in [0.29, 0.717) is 24.3 Å². The quantitative estimate of drug-likeness (QED) is 0.615. The SMILES string of the molecule is O=C(CCC[C@@H]1[C@H]2CCCN3CCC[C@@H](CN1C(=O)c1ccccc1)[C@@H]23)NCCN1CCCCC1. The molecule has 5 rings (SSSR count). The van der Waals surface area contributed by atoms with Crippen molar-refractivity contribution in [3.8, 4) is 0 Å². The highest BCUT2D eigenvalue weighted by molar-refractivity contribution is 5.94. The van der Waals surface area contributed by atoms with E-state index in [-0.39, 0.29) is 17.9 Å². The summed E-state index contributed by atoms with van der Waals surface area (Å²) in [6, 6.07) is 10.7. The number of nitrogens with zero attached hydrogens (tertiary/aromatic N) is 3. The largest absolute Gasteiger partial charge is 0.355 e. The number of carbonyl (C=O) groups is 2. The van der Waals surface area contributed by atoms with Crippen LogP contribution in [0.25, 0.3) is 0 Å². The second-order valence-electron chi connectivity index (χ2n) is 11.3. The topological polar surface area (TPSA) is 55.9 Å². The monoisotopic (exact) mass is 480 g/mol. The zero-order chi connectivity index (χ0) is 24.0. The average Bonchev–Trinajstić information content (AvgIpc) is 2.90. The molecule has 4 aliphatic rings. The first-order valence-corrected chi connectivity index (χ1v) is 14.3. The third-order valence-corrected chi connectivity index (χ3v) is 9.06. The van der Waals surface area contributed by atoms with Gasteiger partial charge < -0.3 is 15.1 Å². The number of piperidine rings is 4. The molecule has 192 valence electrons. The number of hydrogen-bond acceptors (Lipinski definition) is 4. The summed E-state index contributed by atoms with van der Waals surface area (Å²) in [6.45, 7) is 7.37. The first-order chi connectivity index (χ1) is 17.2. The van der Waals surface area contributed by atoms with Crippen LogP contribution in [0.1, 0.15) is 74.6 Å². The van der Waals surface area contributed by atoms with Crippen molar-refractivity contribution in [3.05, 3.63) is 35.9 Å². The highest BCUT2D eigenvalue weighted by atomic mass is 16.2. The summed E-state index contributed by atoms with van der Waals surface area (Å²) < 4.78 is 0. The van der Waals surface area contributed by atoms with Crippen LogP contribution in [-0.4, -0.2) is 84.4 Å². The highest BCUT2D eigenvalue weighted by Gasteiger charge is 2.49. The van der Waals surface area contributed by atoms with Crippen molar-refractivity contribution in [2.45, 2.75) is 76.3 Å². The lowest BCUT2D eigenvalue weighted by Crippen LogP contribution is -2.65. The molecule has 0 saturated carbocycles. The molecule has 6 nitrogen and oxygen atoms in total. The fraction of sp³-hybridized carbons (Fsp3) is 0.724. The fourth-order valence-electron chi connectivity index (χ4n) is 7.44. The predicted octanol–water partition coefficient (Wildman–Crippen LogP) is 3.77. The molecule has 0 radical (unpaired) electrons. The van der Waals surface area contributed by atoms with Gasteiger partial charge in [0.1, 0.15) is 0 Å². The van der Waals surface area contributed by atoms with Crippen molar-refractivity contribution >= 4 is 11.8 Å². The Hall–Kier alpha value is -1.92. The van der Waals surface area contributed by atoms with Crippen LogP contribution in [0.2, 0.25) is 0 Å². The molecule has 4 atom stereocenters. The number of rotatable bonds is 8. The standard InChI is InChI=1S/C29H44N4O2/c34-27(30-16-21-31-17-5-2-6-18-31)15-7-14-26-25-13-9-20-32-19-8-12-24(28(25)32)22-33(26)29(35)23-10-3-1-4-11-23/h1,3-4,10-11,24-26,28H,2,5-9,12-22H2,(H,30,34)/t24-,25+,26+,28-/m0/s1. The summed E-state index contributed by atoms with van der Waals surface area (Å²) in [5, 5.41) is 3.15. The zero-order valence-corrected chi connectivity index (χ0v) is 21.4. The van der Waals surface area contributed by atoms with Gasteiger partial charge >= 0.3 is 0 Å². The first kappa shape index (κ1) is 24.8. The molecular formula is C29H44N4O2. The average molecular weight is 481 g/mol. The molecule has 2 amide bonds. The Morgan fingerprint density at radius 2 is 1.69 bits per heavy atom. The van der Waals surface area contributed by atoms with Gasteiger partial charge in [0.05, 0.1) is 0 Å².